The van der Waals surface area contributed by atoms with Crippen LogP contribution in [0.1, 0.15) is 64.4 Å². The van der Waals surface area contributed by atoms with Crippen molar-refractivity contribution in [2.45, 2.75) is 0 Å². The molecule has 4 aliphatic rings. The second-order valence-corrected chi connectivity index (χ2v) is 16.4. The monoisotopic (exact) mass is 878 g/mol. The molecule has 12 nitrogen and oxygen atoms in total. The maximum atomic E-state index is 11.9. The summed E-state index contributed by atoms with van der Waals surface area (Å²) in [5.41, 5.74) is 9.58. The van der Waals surface area contributed by atoms with Gasteiger partial charge in [0.1, 0.15) is 36.2 Å². The van der Waals surface area contributed by atoms with Crippen LogP contribution >= 0.6 is 22.7 Å². The Morgan fingerprint density at radius 2 is 0.891 bits per heavy atom. The maximum Gasteiger partial charge on any atom is 0.335 e. The molecule has 7 aromatic rings. The van der Waals surface area contributed by atoms with E-state index in [0.29, 0.717) is 115 Å². The third-order valence-corrected chi connectivity index (χ3v) is 12.5. The zero-order valence-corrected chi connectivity index (χ0v) is 34.9. The van der Waals surface area contributed by atoms with Crippen LogP contribution < -0.4 is 18.9 Å². The normalized spacial score (nSPS) is 13.1. The van der Waals surface area contributed by atoms with Crippen molar-refractivity contribution in [3.63, 3.8) is 0 Å². The van der Waals surface area contributed by atoms with E-state index in [4.69, 9.17) is 28.9 Å². The zero-order valence-electron chi connectivity index (χ0n) is 33.3. The number of fused-ring (bicyclic) bond motifs is 10. The van der Waals surface area contributed by atoms with Crippen molar-refractivity contribution >= 4 is 81.0 Å². The van der Waals surface area contributed by atoms with Crippen molar-refractivity contribution in [3.8, 4) is 68.9 Å². The molecule has 0 unspecified atom stereocenters. The number of nitrogens with one attached hydrogen (secondary N) is 2. The summed E-state index contributed by atoms with van der Waals surface area (Å²) in [6, 6.07) is 21.1. The lowest BCUT2D eigenvalue weighted by atomic mass is 10.0. The van der Waals surface area contributed by atoms with Crippen LogP contribution in [0.5, 0.6) is 23.0 Å². The minimum absolute atomic E-state index is 0.155. The molecule has 0 saturated carbocycles. The molecule has 64 heavy (non-hydrogen) atoms. The maximum absolute atomic E-state index is 11.9. The van der Waals surface area contributed by atoms with E-state index in [0.717, 1.165) is 22.3 Å². The number of aromatic nitrogens is 4. The second kappa shape index (κ2) is 15.9. The number of ether oxygens (including phenoxy) is 4. The fraction of sp³-hybridized carbons (Fsp3) is 0.0800. The van der Waals surface area contributed by atoms with Crippen molar-refractivity contribution in [2.75, 3.05) is 26.4 Å². The number of nitrogens with zero attached hydrogens (tertiary/aromatic N) is 2. The van der Waals surface area contributed by atoms with Gasteiger partial charge in [-0.05, 0) is 95.8 Å². The number of thiophene rings is 2. The molecule has 0 spiro atoms. The Bertz CT molecular complexity index is 3250. The van der Waals surface area contributed by atoms with Crippen molar-refractivity contribution < 1.29 is 38.7 Å². The fourth-order valence-corrected chi connectivity index (χ4v) is 9.33. The van der Waals surface area contributed by atoms with Gasteiger partial charge in [0.2, 0.25) is 0 Å². The fourth-order valence-electron chi connectivity index (χ4n) is 7.77. The van der Waals surface area contributed by atoms with Crippen molar-refractivity contribution in [1.29, 1.82) is 0 Å². The Balaban J connectivity index is 1.22. The molecule has 14 heteroatoms. The Labute approximate surface area is 371 Å². The van der Waals surface area contributed by atoms with E-state index < -0.39 is 11.9 Å². The largest absolute Gasteiger partial charge is 0.485 e. The lowest BCUT2D eigenvalue weighted by Gasteiger charge is -2.14. The molecule has 11 rings (SSSR count). The Morgan fingerprint density at radius 3 is 1.31 bits per heavy atom. The van der Waals surface area contributed by atoms with E-state index in [1.165, 1.54) is 22.7 Å². The standard InChI is InChI=1S/C50H30N4O8S2/c55-49(56)29-5-1-27(2-6-29)45-37-15-11-33(51-37)31(9-19-43-47-41(25-63-43)59-21-23-61-47)35-13-17-39(53-35)46(28-3-7-30(8-4-28)50(57)58)40-18-14-36(54-40)32(34-12-16-38(45)52-34)10-20-44-48-42(26-64-44)60-22-24-62-48/h1-8,11-18,25-26,51,54H,21-24H2,(H,55,56)(H,57,58). The minimum Gasteiger partial charge on any atom is -0.485 e. The number of hydrogen-bond donors (Lipinski definition) is 4. The Kier molecular flexibility index (Phi) is 9.57. The number of carboxylic acids is 2. The van der Waals surface area contributed by atoms with Gasteiger partial charge in [0.25, 0.3) is 0 Å². The van der Waals surface area contributed by atoms with Crippen LogP contribution in [0, 0.1) is 23.7 Å². The lowest BCUT2D eigenvalue weighted by Crippen LogP contribution is -2.14. The molecular formula is C50H30N4O8S2. The van der Waals surface area contributed by atoms with Gasteiger partial charge in [-0.2, -0.15) is 0 Å². The summed E-state index contributed by atoms with van der Waals surface area (Å²) in [5.74, 6) is 14.0. The molecule has 0 atom stereocenters. The van der Waals surface area contributed by atoms with Gasteiger partial charge in [-0.3, -0.25) is 0 Å². The molecule has 9 heterocycles. The number of carbonyl (C=O) groups is 2. The molecule has 310 valence electrons. The van der Waals surface area contributed by atoms with Gasteiger partial charge in [0.15, 0.2) is 23.0 Å². The topological polar surface area (TPSA) is 169 Å². The minimum atomic E-state index is -1.03. The molecule has 0 radical (unpaired) electrons. The quantitative estimate of drug-likeness (QED) is 0.125. The van der Waals surface area contributed by atoms with Crippen molar-refractivity contribution in [1.82, 2.24) is 19.9 Å². The molecule has 4 aliphatic heterocycles. The molecule has 0 amide bonds. The number of aromatic amines is 2. The first-order chi connectivity index (χ1) is 31.3. The van der Waals surface area contributed by atoms with Crippen LogP contribution in [0.15, 0.2) is 83.6 Å². The highest BCUT2D eigenvalue weighted by atomic mass is 32.1. The highest BCUT2D eigenvalue weighted by Gasteiger charge is 2.21. The number of H-pyrrole nitrogens is 2. The zero-order chi connectivity index (χ0) is 43.3. The first kappa shape index (κ1) is 38.6. The Morgan fingerprint density at radius 1 is 0.500 bits per heavy atom. The lowest BCUT2D eigenvalue weighted by molar-refractivity contribution is 0.0686. The number of rotatable bonds is 4. The smallest absolute Gasteiger partial charge is 0.335 e. The highest BCUT2D eigenvalue weighted by Crippen LogP contribution is 2.41. The predicted molar refractivity (Wildman–Crippen MR) is 246 cm³/mol. The number of carboxylic acid groups (broad SMARTS) is 2. The second-order valence-electron chi connectivity index (χ2n) is 14.7. The van der Waals surface area contributed by atoms with E-state index in [1.54, 1.807) is 48.5 Å². The molecule has 5 aromatic heterocycles. The average Bonchev–Trinajstić information content (AvgIpc) is 4.19. The van der Waals surface area contributed by atoms with Gasteiger partial charge in [-0.15, -0.1) is 22.7 Å². The van der Waals surface area contributed by atoms with E-state index >= 15 is 0 Å². The Hall–Kier alpha value is -8.30. The summed E-state index contributed by atoms with van der Waals surface area (Å²) in [4.78, 5) is 42.9. The summed E-state index contributed by atoms with van der Waals surface area (Å²) < 4.78 is 23.5. The van der Waals surface area contributed by atoms with Crippen LogP contribution in [0.3, 0.4) is 0 Å². The van der Waals surface area contributed by atoms with Gasteiger partial charge in [0, 0.05) is 32.9 Å². The van der Waals surface area contributed by atoms with Crippen LogP contribution in [0.25, 0.3) is 68.6 Å². The SMILES string of the molecule is O=C(O)c1ccc(-c2c3nc(c(C#Cc4scc5c4OCCO5)c4ccc([nH]4)c(-c4ccc(C(=O)O)cc4)c4nc(c(C#Cc5scc6c5OCCO6)c5ccc2[nH]5)C=C4)C=C3)cc1. The summed E-state index contributed by atoms with van der Waals surface area (Å²) >= 11 is 2.87. The third kappa shape index (κ3) is 7.03. The molecule has 4 N–H and O–H groups in total. The van der Waals surface area contributed by atoms with E-state index in [9.17, 15) is 19.8 Å². The third-order valence-electron chi connectivity index (χ3n) is 10.8. The molecule has 0 saturated heterocycles. The summed E-state index contributed by atoms with van der Waals surface area (Å²) in [7, 11) is 0. The molecule has 8 bridgehead atoms. The van der Waals surface area contributed by atoms with Gasteiger partial charge < -0.3 is 39.1 Å². The van der Waals surface area contributed by atoms with Crippen LogP contribution in [0.4, 0.5) is 0 Å². The predicted octanol–water partition coefficient (Wildman–Crippen LogP) is 9.85. The summed E-state index contributed by atoms with van der Waals surface area (Å²) in [5, 5.41) is 23.3. The summed E-state index contributed by atoms with van der Waals surface area (Å²) in [6.45, 7) is 1.77. The first-order valence-electron chi connectivity index (χ1n) is 20.0. The van der Waals surface area contributed by atoms with E-state index in [1.807, 2.05) is 59.3 Å². The van der Waals surface area contributed by atoms with E-state index in [2.05, 4.69) is 33.6 Å². The van der Waals surface area contributed by atoms with Crippen LogP contribution in [-0.4, -0.2) is 68.5 Å². The molecule has 2 aromatic carbocycles. The van der Waals surface area contributed by atoms with Gasteiger partial charge in [0.05, 0.1) is 56.1 Å². The highest BCUT2D eigenvalue weighted by molar-refractivity contribution is 7.11. The molecule has 0 aliphatic carbocycles. The molecule has 0 fully saturated rings. The van der Waals surface area contributed by atoms with Crippen LogP contribution in [-0.2, 0) is 0 Å². The van der Waals surface area contributed by atoms with Gasteiger partial charge in [-0.1, -0.05) is 36.1 Å². The van der Waals surface area contributed by atoms with Crippen molar-refractivity contribution in [2.24, 2.45) is 0 Å². The van der Waals surface area contributed by atoms with Gasteiger partial charge in [-0.25, -0.2) is 19.6 Å². The van der Waals surface area contributed by atoms with Gasteiger partial charge >= 0.3 is 11.9 Å². The van der Waals surface area contributed by atoms with Crippen molar-refractivity contribution in [3.05, 3.63) is 138 Å². The number of benzene rings is 2. The van der Waals surface area contributed by atoms with E-state index in [-0.39, 0.29) is 11.1 Å². The number of hydrogen-bond acceptors (Lipinski definition) is 10. The average molecular weight is 879 g/mol. The first-order valence-corrected chi connectivity index (χ1v) is 21.7. The number of aromatic carboxylic acids is 2. The summed E-state index contributed by atoms with van der Waals surface area (Å²) in [6.07, 6.45) is 7.66. The van der Waals surface area contributed by atoms with Crippen LogP contribution in [0.2, 0.25) is 0 Å². The molecular weight excluding hydrogens is 849 g/mol.